The number of halogens is 2. The second-order valence-electron chi connectivity index (χ2n) is 4.83. The van der Waals surface area contributed by atoms with Crippen molar-refractivity contribution < 1.29 is 13.5 Å². The van der Waals surface area contributed by atoms with Gasteiger partial charge in [-0.3, -0.25) is 0 Å². The van der Waals surface area contributed by atoms with Crippen molar-refractivity contribution in [3.05, 3.63) is 35.7 Å². The van der Waals surface area contributed by atoms with Gasteiger partial charge in [-0.25, -0.2) is 4.68 Å². The van der Waals surface area contributed by atoms with Crippen LogP contribution in [0.15, 0.2) is 24.3 Å². The zero-order valence-corrected chi connectivity index (χ0v) is 11.6. The van der Waals surface area contributed by atoms with Crippen molar-refractivity contribution in [1.82, 2.24) is 14.8 Å². The lowest BCUT2D eigenvalue weighted by Crippen LogP contribution is -2.24. The number of hydrogen-bond donors (Lipinski definition) is 1. The van der Waals surface area contributed by atoms with Crippen LogP contribution in [0.4, 0.5) is 14.7 Å². The van der Waals surface area contributed by atoms with Gasteiger partial charge in [0.2, 0.25) is 5.95 Å². The first-order valence-corrected chi connectivity index (χ1v) is 6.91. The lowest BCUT2D eigenvalue weighted by atomic mass is 10.0. The molecule has 0 radical (unpaired) electrons. The van der Waals surface area contributed by atoms with Gasteiger partial charge in [0.25, 0.3) is 0 Å². The van der Waals surface area contributed by atoms with Gasteiger partial charge in [0.1, 0.15) is 5.75 Å². The molecule has 0 aliphatic carbocycles. The van der Waals surface area contributed by atoms with E-state index < -0.39 is 6.61 Å². The maximum atomic E-state index is 12.3. The van der Waals surface area contributed by atoms with Crippen molar-refractivity contribution in [2.24, 2.45) is 0 Å². The van der Waals surface area contributed by atoms with Crippen LogP contribution in [0.2, 0.25) is 0 Å². The number of aromatic nitrogens is 3. The third-order valence-corrected chi connectivity index (χ3v) is 3.46. The van der Waals surface area contributed by atoms with Gasteiger partial charge in [0.05, 0.1) is 6.04 Å². The van der Waals surface area contributed by atoms with Crippen molar-refractivity contribution in [3.63, 3.8) is 0 Å². The molecule has 0 amide bonds. The number of hydrogen-bond acceptors (Lipinski definition) is 4. The molecule has 1 aliphatic rings. The highest BCUT2D eigenvalue weighted by molar-refractivity contribution is 5.36. The van der Waals surface area contributed by atoms with Crippen molar-refractivity contribution in [3.8, 4) is 5.75 Å². The second-order valence-corrected chi connectivity index (χ2v) is 4.83. The molecule has 2 heterocycles. The van der Waals surface area contributed by atoms with Crippen LogP contribution < -0.4 is 10.1 Å². The summed E-state index contributed by atoms with van der Waals surface area (Å²) in [5, 5.41) is 7.67. The molecule has 0 spiro atoms. The van der Waals surface area contributed by atoms with E-state index in [0.29, 0.717) is 0 Å². The smallest absolute Gasteiger partial charge is 0.387 e. The first-order chi connectivity index (χ1) is 10.2. The number of anilines is 1. The number of nitrogens with one attached hydrogen (secondary N) is 1. The quantitative estimate of drug-likeness (QED) is 0.942. The standard InChI is InChI=1S/C14H16F2N4O/c1-2-12-18-14-17-7-6-11(20(14)19-12)9-4-3-5-10(8-9)21-13(15)16/h3-5,8,11,13H,2,6-7H2,1H3,(H,17,18,19). The number of benzene rings is 1. The minimum Gasteiger partial charge on any atom is -0.435 e. The van der Waals surface area contributed by atoms with E-state index in [1.165, 1.54) is 6.07 Å². The monoisotopic (exact) mass is 294 g/mol. The fourth-order valence-corrected chi connectivity index (χ4v) is 2.50. The van der Waals surface area contributed by atoms with Crippen LogP contribution in [0, 0.1) is 0 Å². The summed E-state index contributed by atoms with van der Waals surface area (Å²) in [5.74, 6) is 1.66. The first-order valence-electron chi connectivity index (χ1n) is 6.91. The Balaban J connectivity index is 1.93. The molecular formula is C14H16F2N4O. The third-order valence-electron chi connectivity index (χ3n) is 3.46. The Labute approximate surface area is 120 Å². The van der Waals surface area contributed by atoms with Gasteiger partial charge in [0, 0.05) is 13.0 Å². The largest absolute Gasteiger partial charge is 0.435 e. The summed E-state index contributed by atoms with van der Waals surface area (Å²) >= 11 is 0. The van der Waals surface area contributed by atoms with Crippen LogP contribution in [-0.4, -0.2) is 27.9 Å². The molecule has 1 aliphatic heterocycles. The van der Waals surface area contributed by atoms with Gasteiger partial charge in [-0.2, -0.15) is 18.9 Å². The van der Waals surface area contributed by atoms with E-state index in [0.717, 1.165) is 36.7 Å². The molecule has 1 unspecified atom stereocenters. The molecule has 1 aromatic heterocycles. The van der Waals surface area contributed by atoms with E-state index in [4.69, 9.17) is 0 Å². The molecule has 21 heavy (non-hydrogen) atoms. The molecule has 7 heteroatoms. The van der Waals surface area contributed by atoms with Crippen molar-refractivity contribution in [2.75, 3.05) is 11.9 Å². The molecule has 2 aromatic rings. The highest BCUT2D eigenvalue weighted by Gasteiger charge is 2.24. The number of ether oxygens (including phenoxy) is 1. The van der Waals surface area contributed by atoms with Gasteiger partial charge < -0.3 is 10.1 Å². The molecule has 5 nitrogen and oxygen atoms in total. The Kier molecular flexibility index (Phi) is 3.72. The van der Waals surface area contributed by atoms with E-state index in [1.807, 2.05) is 17.7 Å². The summed E-state index contributed by atoms with van der Waals surface area (Å²) < 4.78 is 30.9. The molecule has 0 saturated carbocycles. The number of alkyl halides is 2. The molecule has 0 bridgehead atoms. The SMILES string of the molecule is CCc1nc2n(n1)C(c1cccc(OC(F)F)c1)CCN2. The summed E-state index contributed by atoms with van der Waals surface area (Å²) in [6, 6.07) is 6.75. The molecule has 1 atom stereocenters. The van der Waals surface area contributed by atoms with Crippen LogP contribution in [0.1, 0.15) is 30.8 Å². The van der Waals surface area contributed by atoms with Gasteiger partial charge in [-0.15, -0.1) is 0 Å². The number of fused-ring (bicyclic) bond motifs is 1. The van der Waals surface area contributed by atoms with E-state index >= 15 is 0 Å². The van der Waals surface area contributed by atoms with Gasteiger partial charge >= 0.3 is 6.61 Å². The maximum Gasteiger partial charge on any atom is 0.387 e. The lowest BCUT2D eigenvalue weighted by Gasteiger charge is -2.25. The number of rotatable bonds is 4. The zero-order valence-electron chi connectivity index (χ0n) is 11.6. The lowest BCUT2D eigenvalue weighted by molar-refractivity contribution is -0.0499. The van der Waals surface area contributed by atoms with Crippen molar-refractivity contribution in [2.45, 2.75) is 32.4 Å². The minimum absolute atomic E-state index is 0.0183. The summed E-state index contributed by atoms with van der Waals surface area (Å²) in [6.45, 7) is -0.0539. The van der Waals surface area contributed by atoms with Crippen LogP contribution in [0.5, 0.6) is 5.75 Å². The predicted molar refractivity (Wildman–Crippen MR) is 73.7 cm³/mol. The average molecular weight is 294 g/mol. The van der Waals surface area contributed by atoms with E-state index in [9.17, 15) is 8.78 Å². The summed E-state index contributed by atoms with van der Waals surface area (Å²) in [5.41, 5.74) is 0.892. The zero-order chi connectivity index (χ0) is 14.8. The van der Waals surface area contributed by atoms with Crippen LogP contribution >= 0.6 is 0 Å². The molecular weight excluding hydrogens is 278 g/mol. The van der Waals surface area contributed by atoms with Gasteiger partial charge in [-0.1, -0.05) is 19.1 Å². The highest BCUT2D eigenvalue weighted by Crippen LogP contribution is 2.30. The Morgan fingerprint density at radius 2 is 2.33 bits per heavy atom. The van der Waals surface area contributed by atoms with Crippen LogP contribution in [0.25, 0.3) is 0 Å². The van der Waals surface area contributed by atoms with E-state index in [1.54, 1.807) is 12.1 Å². The van der Waals surface area contributed by atoms with Crippen LogP contribution in [0.3, 0.4) is 0 Å². The highest BCUT2D eigenvalue weighted by atomic mass is 19.3. The Hall–Kier alpha value is -2.18. The summed E-state index contributed by atoms with van der Waals surface area (Å²) in [6.07, 6.45) is 1.57. The topological polar surface area (TPSA) is 52.0 Å². The molecule has 1 N–H and O–H groups in total. The maximum absolute atomic E-state index is 12.3. The fourth-order valence-electron chi connectivity index (χ4n) is 2.50. The normalized spacial score (nSPS) is 17.4. The Bertz CT molecular complexity index is 629. The second kappa shape index (κ2) is 5.67. The van der Waals surface area contributed by atoms with Crippen molar-refractivity contribution >= 4 is 5.95 Å². The Morgan fingerprint density at radius 1 is 1.48 bits per heavy atom. The van der Waals surface area contributed by atoms with E-state index in [-0.39, 0.29) is 11.8 Å². The van der Waals surface area contributed by atoms with E-state index in [2.05, 4.69) is 20.1 Å². The van der Waals surface area contributed by atoms with Gasteiger partial charge in [-0.05, 0) is 24.1 Å². The minimum atomic E-state index is -2.82. The molecule has 0 fully saturated rings. The molecule has 1 aromatic carbocycles. The molecule has 3 rings (SSSR count). The molecule has 0 saturated heterocycles. The first kappa shape index (κ1) is 13.8. The van der Waals surface area contributed by atoms with Crippen molar-refractivity contribution in [1.29, 1.82) is 0 Å². The summed E-state index contributed by atoms with van der Waals surface area (Å²) in [4.78, 5) is 4.41. The average Bonchev–Trinajstić information content (AvgIpc) is 2.89. The number of nitrogens with zero attached hydrogens (tertiary/aromatic N) is 3. The predicted octanol–water partition coefficient (Wildman–Crippen LogP) is 2.85. The Morgan fingerprint density at radius 3 is 3.10 bits per heavy atom. The van der Waals surface area contributed by atoms with Crippen LogP contribution in [-0.2, 0) is 6.42 Å². The fraction of sp³-hybridized carbons (Fsp3) is 0.429. The molecule has 112 valence electrons. The third kappa shape index (κ3) is 2.81. The summed E-state index contributed by atoms with van der Waals surface area (Å²) in [7, 11) is 0. The van der Waals surface area contributed by atoms with Gasteiger partial charge in [0.15, 0.2) is 5.82 Å². The number of aryl methyl sites for hydroxylation is 1.